The van der Waals surface area contributed by atoms with E-state index in [0.717, 1.165) is 26.9 Å². The van der Waals surface area contributed by atoms with Gasteiger partial charge in [0.1, 0.15) is 5.76 Å². The summed E-state index contributed by atoms with van der Waals surface area (Å²) in [6, 6.07) is 21.8. The molecule has 1 saturated heterocycles. The Labute approximate surface area is 202 Å². The first kappa shape index (κ1) is 22.0. The van der Waals surface area contributed by atoms with Crippen LogP contribution in [0.2, 0.25) is 0 Å². The third kappa shape index (κ3) is 3.70. The van der Waals surface area contributed by atoms with Gasteiger partial charge >= 0.3 is 5.91 Å². The van der Waals surface area contributed by atoms with Gasteiger partial charge in [-0.2, -0.15) is 0 Å². The molecular weight excluding hydrogens is 444 g/mol. The van der Waals surface area contributed by atoms with Crippen molar-refractivity contribution >= 4 is 44.1 Å². The van der Waals surface area contributed by atoms with Crippen molar-refractivity contribution in [2.24, 2.45) is 0 Å². The zero-order valence-corrected chi connectivity index (χ0v) is 20.0. The standard InChI is InChI=1S/C28H24N2O3S/c1-16(2)18-10-12-19(13-11-18)24-23(25(31)20-7-5-4-6-8-20)26(32)27(33)30(24)28-29-21-14-9-17(3)15-22(21)34-28/h4-16,24,31H,1-3H3/t24-/m1/s1. The highest BCUT2D eigenvalue weighted by molar-refractivity contribution is 7.22. The molecule has 1 amide bonds. The number of aliphatic hydroxyl groups excluding tert-OH is 1. The highest BCUT2D eigenvalue weighted by Gasteiger charge is 2.48. The van der Waals surface area contributed by atoms with Crippen LogP contribution in [0.25, 0.3) is 16.0 Å². The summed E-state index contributed by atoms with van der Waals surface area (Å²) in [4.78, 5) is 32.8. The minimum atomic E-state index is -0.775. The predicted molar refractivity (Wildman–Crippen MR) is 136 cm³/mol. The molecule has 0 saturated carbocycles. The van der Waals surface area contributed by atoms with Crippen molar-refractivity contribution in [1.29, 1.82) is 0 Å². The molecule has 6 heteroatoms. The summed E-state index contributed by atoms with van der Waals surface area (Å²) in [5.41, 5.74) is 4.32. The van der Waals surface area contributed by atoms with Gasteiger partial charge in [0.25, 0.3) is 5.78 Å². The molecule has 0 radical (unpaired) electrons. The van der Waals surface area contributed by atoms with Crippen molar-refractivity contribution < 1.29 is 14.7 Å². The number of amides is 1. The van der Waals surface area contributed by atoms with Crippen LogP contribution in [0.3, 0.4) is 0 Å². The van der Waals surface area contributed by atoms with Crippen LogP contribution in [0, 0.1) is 6.92 Å². The number of ketones is 1. The zero-order chi connectivity index (χ0) is 24.0. The lowest BCUT2D eigenvalue weighted by Crippen LogP contribution is -2.29. The average Bonchev–Trinajstić information content (AvgIpc) is 3.37. The number of Topliss-reactive ketones (excluding diaryl/α,β-unsaturated/α-hetero) is 1. The Morgan fingerprint density at radius 3 is 2.38 bits per heavy atom. The number of nitrogens with zero attached hydrogens (tertiary/aromatic N) is 2. The highest BCUT2D eigenvalue weighted by atomic mass is 32.1. The number of carbonyl (C=O) groups excluding carboxylic acids is 2. The van der Waals surface area contributed by atoms with Gasteiger partial charge in [0.05, 0.1) is 21.8 Å². The number of hydrogen-bond acceptors (Lipinski definition) is 5. The summed E-state index contributed by atoms with van der Waals surface area (Å²) in [6.07, 6.45) is 0. The average molecular weight is 469 g/mol. The van der Waals surface area contributed by atoms with Crippen LogP contribution >= 0.6 is 11.3 Å². The van der Waals surface area contributed by atoms with Crippen LogP contribution in [-0.2, 0) is 9.59 Å². The molecule has 2 heterocycles. The summed E-state index contributed by atoms with van der Waals surface area (Å²) in [5.74, 6) is -1.24. The molecule has 34 heavy (non-hydrogen) atoms. The molecule has 0 unspecified atom stereocenters. The van der Waals surface area contributed by atoms with Gasteiger partial charge in [-0.25, -0.2) is 4.98 Å². The summed E-state index contributed by atoms with van der Waals surface area (Å²) in [6.45, 7) is 6.22. The van der Waals surface area contributed by atoms with Crippen LogP contribution in [0.15, 0.2) is 78.4 Å². The first-order valence-corrected chi connectivity index (χ1v) is 12.0. The van der Waals surface area contributed by atoms with Crippen LogP contribution < -0.4 is 4.90 Å². The SMILES string of the molecule is Cc1ccc2nc(N3C(=O)C(=O)C(=C(O)c4ccccc4)[C@H]3c3ccc(C(C)C)cc3)sc2c1. The Kier molecular flexibility index (Phi) is 5.54. The number of aliphatic hydroxyl groups is 1. The number of rotatable bonds is 4. The molecular formula is C28H24N2O3S. The zero-order valence-electron chi connectivity index (χ0n) is 19.1. The summed E-state index contributed by atoms with van der Waals surface area (Å²) < 4.78 is 0.939. The van der Waals surface area contributed by atoms with Crippen LogP contribution in [0.1, 0.15) is 48.1 Å². The Morgan fingerprint density at radius 2 is 1.71 bits per heavy atom. The van der Waals surface area contributed by atoms with Crippen LogP contribution in [0.5, 0.6) is 0 Å². The maximum Gasteiger partial charge on any atom is 0.301 e. The molecule has 0 aliphatic carbocycles. The van der Waals surface area contributed by atoms with Gasteiger partial charge in [-0.05, 0) is 41.7 Å². The molecule has 1 aliphatic heterocycles. The second-order valence-electron chi connectivity index (χ2n) is 8.82. The van der Waals surface area contributed by atoms with Crippen molar-refractivity contribution in [2.75, 3.05) is 4.90 Å². The van der Waals surface area contributed by atoms with Gasteiger partial charge < -0.3 is 5.11 Å². The molecule has 170 valence electrons. The van der Waals surface area contributed by atoms with Gasteiger partial charge in [0.15, 0.2) is 5.13 Å². The van der Waals surface area contributed by atoms with E-state index in [1.54, 1.807) is 24.3 Å². The van der Waals surface area contributed by atoms with E-state index >= 15 is 0 Å². The predicted octanol–water partition coefficient (Wildman–Crippen LogP) is 6.35. The van der Waals surface area contributed by atoms with Crippen LogP contribution in [0.4, 0.5) is 5.13 Å². The number of fused-ring (bicyclic) bond motifs is 1. The quantitative estimate of drug-likeness (QED) is 0.215. The number of anilines is 1. The first-order valence-electron chi connectivity index (χ1n) is 11.2. The maximum absolute atomic E-state index is 13.4. The summed E-state index contributed by atoms with van der Waals surface area (Å²) >= 11 is 1.37. The Hall–Kier alpha value is -3.77. The molecule has 1 aliphatic rings. The van der Waals surface area contributed by atoms with Crippen molar-refractivity contribution in [1.82, 2.24) is 4.98 Å². The highest BCUT2D eigenvalue weighted by Crippen LogP contribution is 2.44. The van der Waals surface area contributed by atoms with E-state index in [9.17, 15) is 14.7 Å². The minimum absolute atomic E-state index is 0.0731. The maximum atomic E-state index is 13.4. The van der Waals surface area contributed by atoms with Gasteiger partial charge in [-0.3, -0.25) is 14.5 Å². The third-order valence-corrected chi connectivity index (χ3v) is 7.17. The van der Waals surface area contributed by atoms with E-state index < -0.39 is 17.7 Å². The topological polar surface area (TPSA) is 70.5 Å². The monoisotopic (exact) mass is 468 g/mol. The Balaban J connectivity index is 1.72. The van der Waals surface area contributed by atoms with E-state index in [2.05, 4.69) is 18.8 Å². The molecule has 5 nitrogen and oxygen atoms in total. The normalized spacial score (nSPS) is 17.8. The third-order valence-electron chi connectivity index (χ3n) is 6.15. The second kappa shape index (κ2) is 8.54. The van der Waals surface area contributed by atoms with Crippen molar-refractivity contribution in [3.8, 4) is 0 Å². The number of carbonyl (C=O) groups is 2. The molecule has 3 aromatic carbocycles. The van der Waals surface area contributed by atoms with Crippen molar-refractivity contribution in [3.63, 3.8) is 0 Å². The Morgan fingerprint density at radius 1 is 1.00 bits per heavy atom. The molecule has 1 aromatic heterocycles. The van der Waals surface area contributed by atoms with Crippen molar-refractivity contribution in [3.05, 3.63) is 101 Å². The number of thiazole rings is 1. The first-order chi connectivity index (χ1) is 16.3. The van der Waals surface area contributed by atoms with Gasteiger partial charge in [-0.1, -0.05) is 85.8 Å². The minimum Gasteiger partial charge on any atom is -0.507 e. The van der Waals surface area contributed by atoms with E-state index in [4.69, 9.17) is 0 Å². The molecule has 5 rings (SSSR count). The lowest BCUT2D eigenvalue weighted by Gasteiger charge is -2.23. The van der Waals surface area contributed by atoms with Crippen LogP contribution in [-0.4, -0.2) is 21.8 Å². The van der Waals surface area contributed by atoms with E-state index in [-0.39, 0.29) is 11.3 Å². The van der Waals surface area contributed by atoms with E-state index in [1.807, 2.05) is 55.5 Å². The number of aryl methyl sites for hydroxylation is 1. The summed E-state index contributed by atoms with van der Waals surface area (Å²) in [5, 5.41) is 11.6. The molecule has 1 atom stereocenters. The lowest BCUT2D eigenvalue weighted by atomic mass is 9.93. The second-order valence-corrected chi connectivity index (χ2v) is 9.83. The Bertz CT molecular complexity index is 1440. The molecule has 1 N–H and O–H groups in total. The number of benzene rings is 3. The van der Waals surface area contributed by atoms with Crippen molar-refractivity contribution in [2.45, 2.75) is 32.7 Å². The fourth-order valence-corrected chi connectivity index (χ4v) is 5.37. The largest absolute Gasteiger partial charge is 0.507 e. The summed E-state index contributed by atoms with van der Waals surface area (Å²) in [7, 11) is 0. The van der Waals surface area contributed by atoms with E-state index in [0.29, 0.717) is 16.6 Å². The van der Waals surface area contributed by atoms with Gasteiger partial charge in [-0.15, -0.1) is 0 Å². The van der Waals surface area contributed by atoms with E-state index in [1.165, 1.54) is 16.2 Å². The fraction of sp³-hybridized carbons (Fsp3) is 0.179. The van der Waals surface area contributed by atoms with Gasteiger partial charge in [0, 0.05) is 5.56 Å². The number of aromatic nitrogens is 1. The molecule has 0 spiro atoms. The smallest absolute Gasteiger partial charge is 0.301 e. The van der Waals surface area contributed by atoms with Gasteiger partial charge in [0.2, 0.25) is 0 Å². The number of hydrogen-bond donors (Lipinski definition) is 1. The fourth-order valence-electron chi connectivity index (χ4n) is 4.28. The lowest BCUT2D eigenvalue weighted by molar-refractivity contribution is -0.132. The molecule has 1 fully saturated rings. The molecule has 0 bridgehead atoms. The molecule has 4 aromatic rings.